The molecule has 0 aliphatic carbocycles. The lowest BCUT2D eigenvalue weighted by molar-refractivity contribution is 0.0474. The van der Waals surface area contributed by atoms with Gasteiger partial charge in [-0.15, -0.1) is 11.3 Å². The molecule has 0 amide bonds. The number of ether oxygens (including phenoxy) is 1. The normalized spacial score (nSPS) is 10.7. The third kappa shape index (κ3) is 2.85. The van der Waals surface area contributed by atoms with Crippen LogP contribution in [0.1, 0.15) is 15.4 Å². The molecular formula is C15H11FN2O2S. The standard InChI is InChI=1S/C15H11FN2O2S/c16-9-5-6-10(11(17)7-9)15(19)20-8-14-18-12-3-1-2-4-13(12)21-14/h1-7H,8,17H2. The fourth-order valence-electron chi connectivity index (χ4n) is 1.91. The number of para-hydroxylation sites is 1. The highest BCUT2D eigenvalue weighted by molar-refractivity contribution is 7.18. The Balaban J connectivity index is 1.73. The number of nitrogens with two attached hydrogens (primary N) is 1. The van der Waals surface area contributed by atoms with E-state index in [-0.39, 0.29) is 17.9 Å². The third-order valence-corrected chi connectivity index (χ3v) is 3.91. The molecule has 0 spiro atoms. The van der Waals surface area contributed by atoms with Gasteiger partial charge < -0.3 is 10.5 Å². The lowest BCUT2D eigenvalue weighted by Crippen LogP contribution is -2.08. The summed E-state index contributed by atoms with van der Waals surface area (Å²) in [5.41, 5.74) is 6.68. The van der Waals surface area contributed by atoms with Crippen molar-refractivity contribution in [1.82, 2.24) is 4.98 Å². The van der Waals surface area contributed by atoms with E-state index in [2.05, 4.69) is 4.98 Å². The van der Waals surface area contributed by atoms with Crippen LogP contribution in [0, 0.1) is 5.82 Å². The summed E-state index contributed by atoms with van der Waals surface area (Å²) in [7, 11) is 0. The number of rotatable bonds is 3. The SMILES string of the molecule is Nc1cc(F)ccc1C(=O)OCc1nc2ccccc2s1. The molecule has 6 heteroatoms. The highest BCUT2D eigenvalue weighted by Crippen LogP contribution is 2.22. The maximum atomic E-state index is 12.9. The highest BCUT2D eigenvalue weighted by atomic mass is 32.1. The van der Waals surface area contributed by atoms with Crippen molar-refractivity contribution in [2.24, 2.45) is 0 Å². The summed E-state index contributed by atoms with van der Waals surface area (Å²) in [5, 5.41) is 0.699. The van der Waals surface area contributed by atoms with Crippen molar-refractivity contribution in [2.75, 3.05) is 5.73 Å². The zero-order valence-corrected chi connectivity index (χ0v) is 11.7. The molecule has 3 aromatic rings. The van der Waals surface area contributed by atoms with Crippen molar-refractivity contribution in [1.29, 1.82) is 0 Å². The highest BCUT2D eigenvalue weighted by Gasteiger charge is 2.13. The molecule has 0 atom stereocenters. The van der Waals surface area contributed by atoms with Gasteiger partial charge in [0.05, 0.1) is 15.8 Å². The second-order valence-corrected chi connectivity index (χ2v) is 5.50. The van der Waals surface area contributed by atoms with Crippen LogP contribution in [0.25, 0.3) is 10.2 Å². The summed E-state index contributed by atoms with van der Waals surface area (Å²) in [6.45, 7) is 0.0645. The average molecular weight is 302 g/mol. The number of nitrogens with zero attached hydrogens (tertiary/aromatic N) is 1. The van der Waals surface area contributed by atoms with Gasteiger partial charge >= 0.3 is 5.97 Å². The number of fused-ring (bicyclic) bond motifs is 1. The number of anilines is 1. The van der Waals surface area contributed by atoms with Crippen LogP contribution in [0.15, 0.2) is 42.5 Å². The summed E-state index contributed by atoms with van der Waals surface area (Å²) in [4.78, 5) is 16.3. The van der Waals surface area contributed by atoms with E-state index in [1.165, 1.54) is 23.5 Å². The van der Waals surface area contributed by atoms with E-state index in [9.17, 15) is 9.18 Å². The van der Waals surface area contributed by atoms with Crippen LogP contribution < -0.4 is 5.73 Å². The summed E-state index contributed by atoms with van der Waals surface area (Å²) in [6.07, 6.45) is 0. The minimum atomic E-state index is -0.591. The summed E-state index contributed by atoms with van der Waals surface area (Å²) in [5.74, 6) is -1.08. The smallest absolute Gasteiger partial charge is 0.340 e. The number of halogens is 1. The van der Waals surface area contributed by atoms with Crippen molar-refractivity contribution in [3.8, 4) is 0 Å². The van der Waals surface area contributed by atoms with Crippen LogP contribution in [-0.2, 0) is 11.3 Å². The Kier molecular flexibility index (Phi) is 3.53. The first-order valence-corrected chi connectivity index (χ1v) is 7.02. The molecule has 106 valence electrons. The Bertz CT molecular complexity index is 783. The third-order valence-electron chi connectivity index (χ3n) is 2.90. The van der Waals surface area contributed by atoms with Gasteiger partial charge in [0.1, 0.15) is 17.4 Å². The molecule has 21 heavy (non-hydrogen) atoms. The second-order valence-electron chi connectivity index (χ2n) is 4.38. The molecule has 0 saturated carbocycles. The van der Waals surface area contributed by atoms with E-state index in [0.717, 1.165) is 16.3 Å². The lowest BCUT2D eigenvalue weighted by Gasteiger charge is -2.05. The van der Waals surface area contributed by atoms with Gasteiger partial charge in [0.2, 0.25) is 0 Å². The molecule has 0 saturated heterocycles. The summed E-state index contributed by atoms with van der Waals surface area (Å²) in [6, 6.07) is 11.3. The Morgan fingerprint density at radius 2 is 2.10 bits per heavy atom. The number of thiazole rings is 1. The molecule has 0 aliphatic rings. The van der Waals surface area contributed by atoms with Crippen LogP contribution in [0.3, 0.4) is 0 Å². The molecule has 2 aromatic carbocycles. The number of aromatic nitrogens is 1. The first-order valence-electron chi connectivity index (χ1n) is 6.20. The lowest BCUT2D eigenvalue weighted by atomic mass is 10.2. The van der Waals surface area contributed by atoms with Crippen LogP contribution in [0.2, 0.25) is 0 Å². The van der Waals surface area contributed by atoms with Gasteiger partial charge in [-0.3, -0.25) is 0 Å². The fraction of sp³-hybridized carbons (Fsp3) is 0.0667. The van der Waals surface area contributed by atoms with Crippen molar-refractivity contribution < 1.29 is 13.9 Å². The van der Waals surface area contributed by atoms with Gasteiger partial charge in [-0.2, -0.15) is 0 Å². The minimum absolute atomic E-state index is 0.0595. The average Bonchev–Trinajstić information content (AvgIpc) is 2.87. The van der Waals surface area contributed by atoms with Gasteiger partial charge in [-0.1, -0.05) is 12.1 Å². The number of hydrogen-bond donors (Lipinski definition) is 1. The molecule has 4 nitrogen and oxygen atoms in total. The molecule has 0 unspecified atom stereocenters. The summed E-state index contributed by atoms with van der Waals surface area (Å²) < 4.78 is 19.1. The van der Waals surface area contributed by atoms with Gasteiger partial charge in [0, 0.05) is 5.69 Å². The zero-order valence-electron chi connectivity index (χ0n) is 10.9. The molecule has 3 rings (SSSR count). The summed E-state index contributed by atoms with van der Waals surface area (Å²) >= 11 is 1.46. The first kappa shape index (κ1) is 13.5. The number of nitrogen functional groups attached to an aromatic ring is 1. The molecular weight excluding hydrogens is 291 g/mol. The monoisotopic (exact) mass is 302 g/mol. The van der Waals surface area contributed by atoms with Crippen molar-refractivity contribution in [2.45, 2.75) is 6.61 Å². The number of carbonyl (C=O) groups is 1. The van der Waals surface area contributed by atoms with E-state index >= 15 is 0 Å². The topological polar surface area (TPSA) is 65.2 Å². The molecule has 2 N–H and O–H groups in total. The maximum absolute atomic E-state index is 12.9. The fourth-order valence-corrected chi connectivity index (χ4v) is 2.79. The molecule has 1 aromatic heterocycles. The maximum Gasteiger partial charge on any atom is 0.340 e. The Hall–Kier alpha value is -2.47. The number of benzene rings is 2. The van der Waals surface area contributed by atoms with Crippen molar-refractivity contribution in [3.63, 3.8) is 0 Å². The predicted octanol–water partition coefficient (Wildman–Crippen LogP) is 3.37. The Morgan fingerprint density at radius 3 is 2.86 bits per heavy atom. The quantitative estimate of drug-likeness (QED) is 0.595. The van der Waals surface area contributed by atoms with Crippen molar-refractivity contribution in [3.05, 3.63) is 58.9 Å². The number of hydrogen-bond acceptors (Lipinski definition) is 5. The van der Waals surface area contributed by atoms with Gasteiger partial charge in [-0.25, -0.2) is 14.2 Å². The van der Waals surface area contributed by atoms with E-state index in [1.807, 2.05) is 24.3 Å². The van der Waals surface area contributed by atoms with Gasteiger partial charge in [-0.05, 0) is 30.3 Å². The van der Waals surface area contributed by atoms with Crippen molar-refractivity contribution >= 4 is 33.2 Å². The van der Waals surface area contributed by atoms with Crippen LogP contribution in [0.4, 0.5) is 10.1 Å². The number of esters is 1. The molecule has 0 fully saturated rings. The van der Waals surface area contributed by atoms with Gasteiger partial charge in [0.25, 0.3) is 0 Å². The molecule has 1 heterocycles. The van der Waals surface area contributed by atoms with Crippen LogP contribution >= 0.6 is 11.3 Å². The minimum Gasteiger partial charge on any atom is -0.455 e. The number of carbonyl (C=O) groups excluding carboxylic acids is 1. The largest absolute Gasteiger partial charge is 0.455 e. The molecule has 0 aliphatic heterocycles. The van der Waals surface area contributed by atoms with E-state index in [1.54, 1.807) is 0 Å². The predicted molar refractivity (Wildman–Crippen MR) is 79.6 cm³/mol. The second kappa shape index (κ2) is 5.49. The first-order chi connectivity index (χ1) is 10.1. The van der Waals surface area contributed by atoms with Crippen LogP contribution in [0.5, 0.6) is 0 Å². The van der Waals surface area contributed by atoms with E-state index < -0.39 is 11.8 Å². The zero-order chi connectivity index (χ0) is 14.8. The van der Waals surface area contributed by atoms with E-state index in [4.69, 9.17) is 10.5 Å². The molecule has 0 radical (unpaired) electrons. The van der Waals surface area contributed by atoms with Crippen LogP contribution in [-0.4, -0.2) is 11.0 Å². The Labute approximate surface area is 124 Å². The Morgan fingerprint density at radius 1 is 1.29 bits per heavy atom. The van der Waals surface area contributed by atoms with Gasteiger partial charge in [0.15, 0.2) is 0 Å². The molecule has 0 bridgehead atoms. The van der Waals surface area contributed by atoms with E-state index in [0.29, 0.717) is 5.01 Å².